The van der Waals surface area contributed by atoms with Crippen molar-refractivity contribution in [2.45, 2.75) is 19.3 Å². The molecule has 0 atom stereocenters. The molecule has 2 aromatic heterocycles. The van der Waals surface area contributed by atoms with Gasteiger partial charge in [0.05, 0.1) is 10.3 Å². The Morgan fingerprint density at radius 3 is 3.00 bits per heavy atom. The van der Waals surface area contributed by atoms with E-state index < -0.39 is 10.7 Å². The lowest BCUT2D eigenvalue weighted by atomic mass is 10.2. The molecule has 0 unspecified atom stereocenters. The average Bonchev–Trinajstić information content (AvgIpc) is 3.07. The van der Waals surface area contributed by atoms with Gasteiger partial charge in [-0.1, -0.05) is 0 Å². The van der Waals surface area contributed by atoms with Crippen LogP contribution in [-0.4, -0.2) is 14.9 Å². The molecule has 2 heterocycles. The average molecular weight is 331 g/mol. The molecule has 6 nitrogen and oxygen atoms in total. The maximum absolute atomic E-state index is 13.5. The van der Waals surface area contributed by atoms with E-state index in [-0.39, 0.29) is 17.3 Å². The summed E-state index contributed by atoms with van der Waals surface area (Å²) >= 11 is 1.59. The SMILES string of the molecule is O=[N+]([O-])c1ccc(F)cc1Oc1ncnc2sc3c(c12)CCC3. The van der Waals surface area contributed by atoms with Crippen molar-refractivity contribution in [2.75, 3.05) is 0 Å². The summed E-state index contributed by atoms with van der Waals surface area (Å²) in [4.78, 5) is 20.9. The van der Waals surface area contributed by atoms with Crippen LogP contribution in [-0.2, 0) is 12.8 Å². The fourth-order valence-corrected chi connectivity index (χ4v) is 4.02. The second kappa shape index (κ2) is 5.24. The molecule has 0 saturated heterocycles. The Morgan fingerprint density at radius 2 is 2.17 bits per heavy atom. The van der Waals surface area contributed by atoms with E-state index in [1.165, 1.54) is 11.2 Å². The lowest BCUT2D eigenvalue weighted by Gasteiger charge is -2.07. The Kier molecular flexibility index (Phi) is 3.19. The van der Waals surface area contributed by atoms with E-state index in [0.717, 1.165) is 53.2 Å². The van der Waals surface area contributed by atoms with Crippen molar-refractivity contribution in [3.05, 3.63) is 50.9 Å². The molecule has 0 fully saturated rings. The maximum atomic E-state index is 13.5. The monoisotopic (exact) mass is 331 g/mol. The van der Waals surface area contributed by atoms with Gasteiger partial charge in [-0.2, -0.15) is 0 Å². The van der Waals surface area contributed by atoms with E-state index in [0.29, 0.717) is 0 Å². The summed E-state index contributed by atoms with van der Waals surface area (Å²) in [6.07, 6.45) is 4.32. The largest absolute Gasteiger partial charge is 0.431 e. The predicted octanol–water partition coefficient (Wildman–Crippen LogP) is 4.02. The first-order valence-electron chi connectivity index (χ1n) is 7.00. The van der Waals surface area contributed by atoms with E-state index >= 15 is 0 Å². The molecule has 0 amide bonds. The zero-order valence-corrected chi connectivity index (χ0v) is 12.6. The maximum Gasteiger partial charge on any atom is 0.311 e. The van der Waals surface area contributed by atoms with E-state index in [1.54, 1.807) is 11.3 Å². The molecule has 23 heavy (non-hydrogen) atoms. The molecule has 0 N–H and O–H groups in total. The lowest BCUT2D eigenvalue weighted by molar-refractivity contribution is -0.385. The van der Waals surface area contributed by atoms with Gasteiger partial charge in [-0.25, -0.2) is 14.4 Å². The van der Waals surface area contributed by atoms with Crippen LogP contribution < -0.4 is 4.74 Å². The number of aromatic nitrogens is 2. The highest BCUT2D eigenvalue weighted by Crippen LogP contribution is 2.42. The second-order valence-electron chi connectivity index (χ2n) is 5.19. The molecule has 3 aromatic rings. The topological polar surface area (TPSA) is 78.2 Å². The third kappa shape index (κ3) is 2.31. The van der Waals surface area contributed by atoms with Crippen molar-refractivity contribution < 1.29 is 14.1 Å². The number of nitro benzene ring substituents is 1. The molecule has 0 radical (unpaired) electrons. The van der Waals surface area contributed by atoms with Crippen LogP contribution in [0, 0.1) is 15.9 Å². The van der Waals surface area contributed by atoms with Gasteiger partial charge < -0.3 is 4.74 Å². The molecule has 8 heteroatoms. The number of thiophene rings is 1. The van der Waals surface area contributed by atoms with Crippen molar-refractivity contribution in [3.63, 3.8) is 0 Å². The normalized spacial score (nSPS) is 13.3. The standard InChI is InChI=1S/C15H10FN3O3S/c16-8-4-5-10(19(20)21)11(6-8)22-14-13-9-2-1-3-12(9)23-15(13)18-7-17-14/h4-7H,1-3H2. The zero-order valence-electron chi connectivity index (χ0n) is 11.8. The molecule has 0 aliphatic heterocycles. The van der Waals surface area contributed by atoms with E-state index in [9.17, 15) is 14.5 Å². The molecule has 4 rings (SSSR count). The van der Waals surface area contributed by atoms with Gasteiger partial charge >= 0.3 is 5.69 Å². The fourth-order valence-electron chi connectivity index (χ4n) is 2.80. The third-order valence-corrected chi connectivity index (χ3v) is 4.99. The highest BCUT2D eigenvalue weighted by Gasteiger charge is 2.24. The predicted molar refractivity (Wildman–Crippen MR) is 82.6 cm³/mol. The summed E-state index contributed by atoms with van der Waals surface area (Å²) in [5.41, 5.74) is 0.838. The van der Waals surface area contributed by atoms with Gasteiger partial charge in [-0.3, -0.25) is 10.1 Å². The van der Waals surface area contributed by atoms with Crippen molar-refractivity contribution in [1.29, 1.82) is 0 Å². The number of nitrogens with zero attached hydrogens (tertiary/aromatic N) is 3. The first-order valence-corrected chi connectivity index (χ1v) is 7.82. The third-order valence-electron chi connectivity index (χ3n) is 3.79. The summed E-state index contributed by atoms with van der Waals surface area (Å²) < 4.78 is 19.1. The minimum Gasteiger partial charge on any atom is -0.431 e. The minimum absolute atomic E-state index is 0.159. The number of nitro groups is 1. The van der Waals surface area contributed by atoms with E-state index in [2.05, 4.69) is 9.97 Å². The molecule has 1 aliphatic rings. The molecule has 116 valence electrons. The Bertz CT molecular complexity index is 941. The molecule has 0 spiro atoms. The van der Waals surface area contributed by atoms with Crippen molar-refractivity contribution in [2.24, 2.45) is 0 Å². The van der Waals surface area contributed by atoms with Crippen molar-refractivity contribution in [1.82, 2.24) is 9.97 Å². The first kappa shape index (κ1) is 14.0. The molecule has 1 aromatic carbocycles. The van der Waals surface area contributed by atoms with Crippen LogP contribution in [0.1, 0.15) is 16.9 Å². The van der Waals surface area contributed by atoms with Gasteiger partial charge in [0.2, 0.25) is 11.6 Å². The molecule has 0 bridgehead atoms. The van der Waals surface area contributed by atoms with Crippen LogP contribution in [0.15, 0.2) is 24.5 Å². The van der Waals surface area contributed by atoms with Gasteiger partial charge in [0.15, 0.2) is 0 Å². The van der Waals surface area contributed by atoms with E-state index in [4.69, 9.17) is 4.74 Å². The number of aryl methyl sites for hydroxylation is 2. The van der Waals surface area contributed by atoms with Crippen LogP contribution in [0.5, 0.6) is 11.6 Å². The number of hydrogen-bond donors (Lipinski definition) is 0. The number of fused-ring (bicyclic) bond motifs is 3. The summed E-state index contributed by atoms with van der Waals surface area (Å²) in [7, 11) is 0. The number of hydrogen-bond acceptors (Lipinski definition) is 6. The lowest BCUT2D eigenvalue weighted by Crippen LogP contribution is -1.96. The van der Waals surface area contributed by atoms with Crippen LogP contribution in [0.2, 0.25) is 0 Å². The van der Waals surface area contributed by atoms with Gasteiger partial charge in [0, 0.05) is 17.0 Å². The highest BCUT2D eigenvalue weighted by molar-refractivity contribution is 7.18. The minimum atomic E-state index is -0.606. The Morgan fingerprint density at radius 1 is 1.30 bits per heavy atom. The van der Waals surface area contributed by atoms with E-state index in [1.807, 2.05) is 0 Å². The van der Waals surface area contributed by atoms with Crippen molar-refractivity contribution in [3.8, 4) is 11.6 Å². The molecule has 1 aliphatic carbocycles. The Balaban J connectivity index is 1.85. The number of rotatable bonds is 3. The molecule has 0 saturated carbocycles. The summed E-state index contributed by atoms with van der Waals surface area (Å²) in [5.74, 6) is -0.525. The first-order chi connectivity index (χ1) is 11.1. The van der Waals surface area contributed by atoms with Crippen LogP contribution in [0.3, 0.4) is 0 Å². The molecular weight excluding hydrogens is 321 g/mol. The quantitative estimate of drug-likeness (QED) is 0.535. The number of ether oxygens (including phenoxy) is 1. The molecular formula is C15H10FN3O3S. The second-order valence-corrected chi connectivity index (χ2v) is 6.27. The smallest absolute Gasteiger partial charge is 0.311 e. The van der Waals surface area contributed by atoms with Gasteiger partial charge in [-0.05, 0) is 30.9 Å². The fraction of sp³-hybridized carbons (Fsp3) is 0.200. The zero-order chi connectivity index (χ0) is 16.0. The van der Waals surface area contributed by atoms with Crippen LogP contribution in [0.4, 0.5) is 10.1 Å². The van der Waals surface area contributed by atoms with Gasteiger partial charge in [0.1, 0.15) is 17.0 Å². The Labute approximate surface area is 133 Å². The Hall–Kier alpha value is -2.61. The van der Waals surface area contributed by atoms with Crippen LogP contribution >= 0.6 is 11.3 Å². The summed E-state index contributed by atoms with van der Waals surface area (Å²) in [5, 5.41) is 11.9. The summed E-state index contributed by atoms with van der Waals surface area (Å²) in [6.45, 7) is 0. The van der Waals surface area contributed by atoms with Gasteiger partial charge in [-0.15, -0.1) is 11.3 Å². The van der Waals surface area contributed by atoms with Crippen molar-refractivity contribution >= 4 is 27.2 Å². The van der Waals surface area contributed by atoms with Gasteiger partial charge in [0.25, 0.3) is 0 Å². The highest BCUT2D eigenvalue weighted by atomic mass is 32.1. The summed E-state index contributed by atoms with van der Waals surface area (Å²) in [6, 6.07) is 3.11. The number of benzene rings is 1. The number of halogens is 1. The van der Waals surface area contributed by atoms with Crippen LogP contribution in [0.25, 0.3) is 10.2 Å².